The molecule has 0 radical (unpaired) electrons. The normalized spacial score (nSPS) is 13.8. The monoisotopic (exact) mass is 250 g/mol. The Morgan fingerprint density at radius 1 is 1.19 bits per heavy atom. The van der Waals surface area contributed by atoms with E-state index in [1.165, 1.54) is 0 Å². The summed E-state index contributed by atoms with van der Waals surface area (Å²) >= 11 is 0. The molecule has 2 unspecified atom stereocenters. The highest BCUT2D eigenvalue weighted by molar-refractivity contribution is 5.85. The van der Waals surface area contributed by atoms with Crippen molar-refractivity contribution in [2.75, 3.05) is 13.1 Å². The molecule has 2 atom stereocenters. The van der Waals surface area contributed by atoms with Crippen LogP contribution in [0.3, 0.4) is 0 Å². The fraction of sp³-hybridized carbons (Fsp3) is 0.917. The van der Waals surface area contributed by atoms with Crippen LogP contribution in [-0.4, -0.2) is 29.9 Å². The molecule has 0 aromatic carbocycles. The first-order valence-electron chi connectivity index (χ1n) is 6.12. The minimum atomic E-state index is -0.326. The summed E-state index contributed by atoms with van der Waals surface area (Å²) in [5.41, 5.74) is 5.94. The number of nitrogens with zero attached hydrogens (tertiary/aromatic N) is 1. The van der Waals surface area contributed by atoms with Gasteiger partial charge in [0.2, 0.25) is 5.91 Å². The van der Waals surface area contributed by atoms with Crippen LogP contribution in [0.2, 0.25) is 0 Å². The number of rotatable bonds is 7. The molecule has 0 aliphatic heterocycles. The topological polar surface area (TPSA) is 46.3 Å². The molecular formula is C12H27ClN2O. The Bertz CT molecular complexity index is 182. The maximum absolute atomic E-state index is 12.0. The Labute approximate surface area is 106 Å². The second kappa shape index (κ2) is 9.91. The summed E-state index contributed by atoms with van der Waals surface area (Å²) in [5, 5.41) is 0. The number of carbonyl (C=O) groups is 1. The van der Waals surface area contributed by atoms with Gasteiger partial charge >= 0.3 is 0 Å². The molecule has 0 rings (SSSR count). The van der Waals surface area contributed by atoms with Crippen LogP contribution in [0, 0.1) is 5.92 Å². The van der Waals surface area contributed by atoms with Crippen molar-refractivity contribution in [1.29, 1.82) is 0 Å². The van der Waals surface area contributed by atoms with E-state index in [0.29, 0.717) is 0 Å². The first-order valence-corrected chi connectivity index (χ1v) is 6.12. The van der Waals surface area contributed by atoms with Gasteiger partial charge < -0.3 is 10.6 Å². The van der Waals surface area contributed by atoms with Gasteiger partial charge in [0.1, 0.15) is 0 Å². The zero-order valence-corrected chi connectivity index (χ0v) is 11.8. The average molecular weight is 251 g/mol. The first kappa shape index (κ1) is 18.1. The zero-order chi connectivity index (χ0) is 11.8. The van der Waals surface area contributed by atoms with Crippen molar-refractivity contribution in [3.63, 3.8) is 0 Å². The molecule has 0 bridgehead atoms. The van der Waals surface area contributed by atoms with Crippen molar-refractivity contribution in [2.45, 2.75) is 53.0 Å². The third-order valence-electron chi connectivity index (χ3n) is 2.84. The fourth-order valence-corrected chi connectivity index (χ4v) is 1.58. The van der Waals surface area contributed by atoms with E-state index in [9.17, 15) is 4.79 Å². The number of carbonyl (C=O) groups excluding carboxylic acids is 1. The smallest absolute Gasteiger partial charge is 0.239 e. The van der Waals surface area contributed by atoms with Crippen LogP contribution in [0.5, 0.6) is 0 Å². The Balaban J connectivity index is 0. The highest BCUT2D eigenvalue weighted by Gasteiger charge is 2.23. The summed E-state index contributed by atoms with van der Waals surface area (Å²) in [5.74, 6) is 0.391. The van der Waals surface area contributed by atoms with Crippen molar-refractivity contribution in [1.82, 2.24) is 4.90 Å². The second-order valence-corrected chi connectivity index (χ2v) is 4.24. The van der Waals surface area contributed by atoms with Crippen LogP contribution >= 0.6 is 12.4 Å². The predicted octanol–water partition coefficient (Wildman–Crippen LogP) is 2.43. The van der Waals surface area contributed by atoms with Crippen molar-refractivity contribution in [2.24, 2.45) is 11.7 Å². The fourth-order valence-electron chi connectivity index (χ4n) is 1.58. The summed E-state index contributed by atoms with van der Waals surface area (Å²) in [6, 6.07) is -0.326. The molecule has 98 valence electrons. The van der Waals surface area contributed by atoms with Crippen LogP contribution in [0.1, 0.15) is 47.0 Å². The Morgan fingerprint density at radius 2 is 1.62 bits per heavy atom. The van der Waals surface area contributed by atoms with Crippen LogP contribution in [0.25, 0.3) is 0 Å². The molecule has 16 heavy (non-hydrogen) atoms. The molecule has 4 heteroatoms. The lowest BCUT2D eigenvalue weighted by molar-refractivity contribution is -0.133. The molecule has 0 aromatic heterocycles. The zero-order valence-electron chi connectivity index (χ0n) is 11.0. The summed E-state index contributed by atoms with van der Waals surface area (Å²) in [6.07, 6.45) is 2.96. The first-order chi connectivity index (χ1) is 7.08. The Morgan fingerprint density at radius 3 is 1.94 bits per heavy atom. The molecule has 2 N–H and O–H groups in total. The van der Waals surface area contributed by atoms with Gasteiger partial charge in [0, 0.05) is 13.1 Å². The molecular weight excluding hydrogens is 224 g/mol. The lowest BCUT2D eigenvalue weighted by atomic mass is 9.99. The van der Waals surface area contributed by atoms with Gasteiger partial charge in [-0.15, -0.1) is 12.4 Å². The average Bonchev–Trinajstić information content (AvgIpc) is 2.25. The van der Waals surface area contributed by atoms with Crippen LogP contribution < -0.4 is 5.73 Å². The number of amides is 1. The maximum Gasteiger partial charge on any atom is 0.239 e. The van der Waals surface area contributed by atoms with E-state index >= 15 is 0 Å². The van der Waals surface area contributed by atoms with Gasteiger partial charge in [-0.2, -0.15) is 0 Å². The van der Waals surface area contributed by atoms with Gasteiger partial charge in [-0.05, 0) is 18.8 Å². The van der Waals surface area contributed by atoms with Crippen LogP contribution in [-0.2, 0) is 4.79 Å². The number of nitrogens with two attached hydrogens (primary N) is 1. The lowest BCUT2D eigenvalue weighted by Crippen LogP contribution is -2.47. The van der Waals surface area contributed by atoms with Gasteiger partial charge in [-0.1, -0.05) is 34.1 Å². The summed E-state index contributed by atoms with van der Waals surface area (Å²) < 4.78 is 0. The van der Waals surface area contributed by atoms with Gasteiger partial charge in [0.15, 0.2) is 0 Å². The minimum Gasteiger partial charge on any atom is -0.341 e. The van der Waals surface area contributed by atoms with Crippen LogP contribution in [0.4, 0.5) is 0 Å². The Hall–Kier alpha value is -0.280. The van der Waals surface area contributed by atoms with Gasteiger partial charge in [-0.25, -0.2) is 0 Å². The van der Waals surface area contributed by atoms with Crippen molar-refractivity contribution in [3.8, 4) is 0 Å². The summed E-state index contributed by atoms with van der Waals surface area (Å²) in [4.78, 5) is 13.9. The highest BCUT2D eigenvalue weighted by Crippen LogP contribution is 2.09. The molecule has 0 aromatic rings. The number of halogens is 1. The van der Waals surface area contributed by atoms with E-state index in [4.69, 9.17) is 5.73 Å². The summed E-state index contributed by atoms with van der Waals surface area (Å²) in [7, 11) is 0. The second-order valence-electron chi connectivity index (χ2n) is 4.24. The van der Waals surface area contributed by atoms with Gasteiger partial charge in [0.05, 0.1) is 6.04 Å². The van der Waals surface area contributed by atoms with E-state index in [0.717, 1.165) is 32.4 Å². The van der Waals surface area contributed by atoms with E-state index in [1.807, 2.05) is 11.8 Å². The molecule has 1 amide bonds. The van der Waals surface area contributed by atoms with E-state index in [2.05, 4.69) is 20.8 Å². The minimum absolute atomic E-state index is 0. The van der Waals surface area contributed by atoms with Gasteiger partial charge in [0.25, 0.3) is 0 Å². The summed E-state index contributed by atoms with van der Waals surface area (Å²) in [6.45, 7) is 9.95. The third-order valence-corrected chi connectivity index (χ3v) is 2.84. The largest absolute Gasteiger partial charge is 0.341 e. The molecule has 0 fully saturated rings. The quantitative estimate of drug-likeness (QED) is 0.755. The van der Waals surface area contributed by atoms with Gasteiger partial charge in [-0.3, -0.25) is 4.79 Å². The molecule has 0 saturated carbocycles. The standard InChI is InChI=1S/C12H26N2O.ClH/c1-5-8-14(9-6-2)12(15)11(13)10(4)7-3;/h10-11H,5-9,13H2,1-4H3;1H. The molecule has 0 aliphatic rings. The van der Waals surface area contributed by atoms with Crippen molar-refractivity contribution >= 4 is 18.3 Å². The highest BCUT2D eigenvalue weighted by atomic mass is 35.5. The number of hydrogen-bond acceptors (Lipinski definition) is 2. The molecule has 0 heterocycles. The predicted molar refractivity (Wildman–Crippen MR) is 71.8 cm³/mol. The number of hydrogen-bond donors (Lipinski definition) is 1. The molecule has 0 saturated heterocycles. The van der Waals surface area contributed by atoms with E-state index in [-0.39, 0.29) is 30.3 Å². The van der Waals surface area contributed by atoms with Crippen molar-refractivity contribution < 1.29 is 4.79 Å². The molecule has 0 spiro atoms. The van der Waals surface area contributed by atoms with Crippen LogP contribution in [0.15, 0.2) is 0 Å². The maximum atomic E-state index is 12.0. The molecule has 3 nitrogen and oxygen atoms in total. The molecule has 0 aliphatic carbocycles. The van der Waals surface area contributed by atoms with E-state index < -0.39 is 0 Å². The SMILES string of the molecule is CCCN(CCC)C(=O)C(N)C(C)CC.Cl. The van der Waals surface area contributed by atoms with E-state index in [1.54, 1.807) is 0 Å². The third kappa shape index (κ3) is 5.71. The Kier molecular flexibility index (Phi) is 11.2. The lowest BCUT2D eigenvalue weighted by Gasteiger charge is -2.27. The van der Waals surface area contributed by atoms with Crippen molar-refractivity contribution in [3.05, 3.63) is 0 Å².